The van der Waals surface area contributed by atoms with Crippen molar-refractivity contribution in [1.29, 1.82) is 0 Å². The van der Waals surface area contributed by atoms with Crippen molar-refractivity contribution in [2.75, 3.05) is 19.8 Å². The van der Waals surface area contributed by atoms with E-state index in [9.17, 15) is 0 Å². The van der Waals surface area contributed by atoms with Crippen molar-refractivity contribution in [3.63, 3.8) is 0 Å². The molecule has 0 amide bonds. The van der Waals surface area contributed by atoms with Crippen LogP contribution < -0.4 is 5.19 Å². The van der Waals surface area contributed by atoms with Gasteiger partial charge in [-0.1, -0.05) is 82.2 Å². The Hall–Kier alpha value is -0.643. The molecule has 0 spiro atoms. The van der Waals surface area contributed by atoms with Gasteiger partial charge in [0.1, 0.15) is 0 Å². The van der Waals surface area contributed by atoms with Crippen molar-refractivity contribution in [3.05, 3.63) is 30.3 Å². The lowest BCUT2D eigenvalue weighted by molar-refractivity contribution is 0.110. The van der Waals surface area contributed by atoms with E-state index in [2.05, 4.69) is 37.3 Å². The number of hydrogen-bond acceptors (Lipinski definition) is 2. The van der Waals surface area contributed by atoms with Crippen LogP contribution in [0.25, 0.3) is 0 Å². The lowest BCUT2D eigenvalue weighted by Gasteiger charge is -2.17. The second kappa shape index (κ2) is 14.0. The van der Waals surface area contributed by atoms with Gasteiger partial charge in [-0.3, -0.25) is 0 Å². The fraction of sp³-hybridized carbons (Fsp3) is 0.684. The Morgan fingerprint density at radius 3 is 2.18 bits per heavy atom. The molecule has 0 aliphatic carbocycles. The van der Waals surface area contributed by atoms with E-state index >= 15 is 0 Å². The molecule has 3 heteroatoms. The first-order valence-electron chi connectivity index (χ1n) is 9.12. The summed E-state index contributed by atoms with van der Waals surface area (Å²) >= 11 is 0. The van der Waals surface area contributed by atoms with E-state index in [4.69, 9.17) is 9.16 Å². The summed E-state index contributed by atoms with van der Waals surface area (Å²) < 4.78 is 11.6. The third-order valence-corrected chi connectivity index (χ3v) is 6.69. The summed E-state index contributed by atoms with van der Waals surface area (Å²) in [5, 5.41) is 1.44. The molecular formula is C19H34O2Si. The molecule has 0 N–H and O–H groups in total. The topological polar surface area (TPSA) is 18.5 Å². The highest BCUT2D eigenvalue weighted by molar-refractivity contribution is 6.67. The van der Waals surface area contributed by atoms with Gasteiger partial charge in [-0.05, 0) is 18.2 Å². The Kier molecular flexibility index (Phi) is 12.3. The Balaban J connectivity index is 2.26. The van der Waals surface area contributed by atoms with E-state index in [1.165, 1.54) is 56.2 Å². The SMILES string of the molecule is CCCCCCCCC[SiH](OCCOCC)c1ccccc1. The minimum Gasteiger partial charge on any atom is -0.413 e. The predicted molar refractivity (Wildman–Crippen MR) is 98.5 cm³/mol. The van der Waals surface area contributed by atoms with E-state index in [0.29, 0.717) is 0 Å². The molecule has 0 fully saturated rings. The van der Waals surface area contributed by atoms with E-state index in [1.807, 2.05) is 6.92 Å². The second-order valence-electron chi connectivity index (χ2n) is 5.88. The van der Waals surface area contributed by atoms with Gasteiger partial charge in [0.15, 0.2) is 0 Å². The maximum Gasteiger partial charge on any atom is 0.208 e. The van der Waals surface area contributed by atoms with Gasteiger partial charge in [0.25, 0.3) is 0 Å². The van der Waals surface area contributed by atoms with Crippen LogP contribution in [-0.4, -0.2) is 28.9 Å². The average molecular weight is 323 g/mol. The van der Waals surface area contributed by atoms with Crippen LogP contribution in [0, 0.1) is 0 Å². The Labute approximate surface area is 139 Å². The van der Waals surface area contributed by atoms with Gasteiger partial charge in [-0.15, -0.1) is 0 Å². The van der Waals surface area contributed by atoms with Crippen LogP contribution in [0.1, 0.15) is 58.8 Å². The summed E-state index contributed by atoms with van der Waals surface area (Å²) in [4.78, 5) is 0. The van der Waals surface area contributed by atoms with Crippen molar-refractivity contribution in [2.24, 2.45) is 0 Å². The van der Waals surface area contributed by atoms with Crippen molar-refractivity contribution in [2.45, 2.75) is 64.8 Å². The molecule has 0 aromatic heterocycles. The molecule has 0 aliphatic rings. The number of benzene rings is 1. The normalized spacial score (nSPS) is 12.5. The number of rotatable bonds is 14. The molecule has 0 bridgehead atoms. The van der Waals surface area contributed by atoms with Crippen LogP contribution in [0.5, 0.6) is 0 Å². The zero-order valence-corrected chi connectivity index (χ0v) is 15.7. The standard InChI is InChI=1S/C19H34O2Si/c1-3-5-6-7-8-9-13-18-22(21-17-16-20-4-2)19-14-11-10-12-15-19/h10-12,14-15,22H,3-9,13,16-18H2,1-2H3. The van der Waals surface area contributed by atoms with Crippen LogP contribution in [0.2, 0.25) is 6.04 Å². The highest BCUT2D eigenvalue weighted by Crippen LogP contribution is 2.11. The second-order valence-corrected chi connectivity index (χ2v) is 8.43. The summed E-state index contributed by atoms with van der Waals surface area (Å²) in [5.41, 5.74) is 0. The summed E-state index contributed by atoms with van der Waals surface area (Å²) in [5.74, 6) is 0. The number of ether oxygens (including phenoxy) is 1. The minimum atomic E-state index is -1.28. The lowest BCUT2D eigenvalue weighted by Crippen LogP contribution is -2.34. The molecule has 0 saturated heterocycles. The highest BCUT2D eigenvalue weighted by atomic mass is 28.3. The monoisotopic (exact) mass is 322 g/mol. The van der Waals surface area contributed by atoms with Crippen LogP contribution in [0.15, 0.2) is 30.3 Å². The van der Waals surface area contributed by atoms with E-state index in [1.54, 1.807) is 0 Å². The molecule has 1 rings (SSSR count). The predicted octanol–water partition coefficient (Wildman–Crippen LogP) is 4.42. The quantitative estimate of drug-likeness (QED) is 0.373. The molecule has 0 radical (unpaired) electrons. The van der Waals surface area contributed by atoms with Gasteiger partial charge in [0.05, 0.1) is 13.2 Å². The van der Waals surface area contributed by atoms with Crippen molar-refractivity contribution < 1.29 is 9.16 Å². The van der Waals surface area contributed by atoms with E-state index < -0.39 is 9.04 Å². The van der Waals surface area contributed by atoms with Crippen LogP contribution in [-0.2, 0) is 9.16 Å². The molecule has 0 saturated carbocycles. The largest absolute Gasteiger partial charge is 0.413 e. The molecule has 2 nitrogen and oxygen atoms in total. The molecule has 0 heterocycles. The molecule has 1 atom stereocenters. The maximum atomic E-state index is 6.19. The Morgan fingerprint density at radius 2 is 1.50 bits per heavy atom. The van der Waals surface area contributed by atoms with Crippen molar-refractivity contribution >= 4 is 14.2 Å². The maximum absolute atomic E-state index is 6.19. The first kappa shape index (κ1) is 19.4. The first-order chi connectivity index (χ1) is 10.9. The van der Waals surface area contributed by atoms with Crippen molar-refractivity contribution in [1.82, 2.24) is 0 Å². The number of unbranched alkanes of at least 4 members (excludes halogenated alkanes) is 6. The summed E-state index contributed by atoms with van der Waals surface area (Å²) in [6, 6.07) is 12.1. The molecule has 1 aromatic carbocycles. The molecule has 1 aromatic rings. The summed E-state index contributed by atoms with van der Waals surface area (Å²) in [7, 11) is -1.28. The van der Waals surface area contributed by atoms with Gasteiger partial charge in [0, 0.05) is 6.61 Å². The molecular weight excluding hydrogens is 288 g/mol. The average Bonchev–Trinajstić information content (AvgIpc) is 2.56. The van der Waals surface area contributed by atoms with Crippen LogP contribution >= 0.6 is 0 Å². The molecule has 126 valence electrons. The Bertz CT molecular complexity index is 343. The van der Waals surface area contributed by atoms with Crippen LogP contribution in [0.4, 0.5) is 0 Å². The zero-order chi connectivity index (χ0) is 15.9. The Morgan fingerprint density at radius 1 is 0.818 bits per heavy atom. The lowest BCUT2D eigenvalue weighted by atomic mass is 10.1. The fourth-order valence-corrected chi connectivity index (χ4v) is 5.08. The van der Waals surface area contributed by atoms with Crippen LogP contribution in [0.3, 0.4) is 0 Å². The summed E-state index contributed by atoms with van der Waals surface area (Å²) in [6.07, 6.45) is 9.58. The molecule has 1 unspecified atom stereocenters. The van der Waals surface area contributed by atoms with Gasteiger partial charge >= 0.3 is 0 Å². The molecule has 22 heavy (non-hydrogen) atoms. The smallest absolute Gasteiger partial charge is 0.208 e. The summed E-state index contributed by atoms with van der Waals surface area (Å²) in [6.45, 7) is 6.55. The van der Waals surface area contributed by atoms with Gasteiger partial charge in [0.2, 0.25) is 9.04 Å². The third kappa shape index (κ3) is 9.39. The first-order valence-corrected chi connectivity index (χ1v) is 11.0. The van der Waals surface area contributed by atoms with Gasteiger partial charge < -0.3 is 9.16 Å². The minimum absolute atomic E-state index is 0.726. The van der Waals surface area contributed by atoms with Gasteiger partial charge in [-0.25, -0.2) is 0 Å². The van der Waals surface area contributed by atoms with E-state index in [-0.39, 0.29) is 0 Å². The zero-order valence-electron chi connectivity index (χ0n) is 14.6. The fourth-order valence-electron chi connectivity index (χ4n) is 2.69. The third-order valence-electron chi connectivity index (χ3n) is 3.99. The number of hydrogen-bond donors (Lipinski definition) is 0. The molecule has 0 aliphatic heterocycles. The van der Waals surface area contributed by atoms with Gasteiger partial charge in [-0.2, -0.15) is 0 Å². The highest BCUT2D eigenvalue weighted by Gasteiger charge is 2.14. The van der Waals surface area contributed by atoms with Crippen molar-refractivity contribution in [3.8, 4) is 0 Å². The van der Waals surface area contributed by atoms with E-state index in [0.717, 1.165) is 19.8 Å².